The molecule has 0 heterocycles. The summed E-state index contributed by atoms with van der Waals surface area (Å²) in [5.74, 6) is 0. The molecule has 0 fully saturated rings. The monoisotopic (exact) mass is 620 g/mol. The van der Waals surface area contributed by atoms with Gasteiger partial charge in [-0.15, -0.1) is 0 Å². The van der Waals surface area contributed by atoms with E-state index in [-0.39, 0.29) is 0 Å². The molecule has 9 aromatic rings. The molecule has 1 aliphatic rings. The Bertz CT molecular complexity index is 2590. The van der Waals surface area contributed by atoms with Crippen molar-refractivity contribution in [2.24, 2.45) is 0 Å². The van der Waals surface area contributed by atoms with Crippen molar-refractivity contribution in [1.82, 2.24) is 0 Å². The average Bonchev–Trinajstić information content (AvgIpc) is 3.46. The summed E-state index contributed by atoms with van der Waals surface area (Å²) < 4.78 is 0. The predicted molar refractivity (Wildman–Crippen MR) is 207 cm³/mol. The zero-order valence-corrected chi connectivity index (χ0v) is 27.0. The standard InChI is InChI=1S/C49H32/c1-4-16-33(17-5-1)47-39-24-12-14-26-41(39)48(42-27-15-13-25-40(42)47)36-28-29-45-43(31-36)44-30-34-18-10-11-19-35(34)32-46(44)49(45,37-20-6-2-7-21-37)38-22-8-3-9-23-38/h1-32H. The average molecular weight is 621 g/mol. The van der Waals surface area contributed by atoms with Gasteiger partial charge in [0.2, 0.25) is 0 Å². The Hall–Kier alpha value is -6.24. The first-order valence-electron chi connectivity index (χ1n) is 17.1. The van der Waals surface area contributed by atoms with E-state index in [1.807, 2.05) is 0 Å². The van der Waals surface area contributed by atoms with E-state index < -0.39 is 5.41 Å². The van der Waals surface area contributed by atoms with Gasteiger partial charge >= 0.3 is 0 Å². The Morgan fingerprint density at radius 2 is 0.714 bits per heavy atom. The van der Waals surface area contributed by atoms with Gasteiger partial charge in [-0.25, -0.2) is 0 Å². The third-order valence-electron chi connectivity index (χ3n) is 10.7. The van der Waals surface area contributed by atoms with Crippen LogP contribution in [0.2, 0.25) is 0 Å². The van der Waals surface area contributed by atoms with Crippen molar-refractivity contribution in [3.63, 3.8) is 0 Å². The first-order chi connectivity index (χ1) is 24.3. The van der Waals surface area contributed by atoms with Gasteiger partial charge in [0.1, 0.15) is 0 Å². The highest BCUT2D eigenvalue weighted by molar-refractivity contribution is 6.21. The molecule has 0 radical (unpaired) electrons. The maximum absolute atomic E-state index is 2.48. The van der Waals surface area contributed by atoms with Crippen molar-refractivity contribution in [2.45, 2.75) is 5.41 Å². The summed E-state index contributed by atoms with van der Waals surface area (Å²) in [5.41, 5.74) is 12.4. The molecule has 228 valence electrons. The predicted octanol–water partition coefficient (Wildman–Crippen LogP) is 12.8. The lowest BCUT2D eigenvalue weighted by Gasteiger charge is -2.34. The van der Waals surface area contributed by atoms with Gasteiger partial charge in [-0.3, -0.25) is 0 Å². The smallest absolute Gasteiger partial charge is 0.0622 e. The molecule has 49 heavy (non-hydrogen) atoms. The van der Waals surface area contributed by atoms with Crippen LogP contribution in [0.15, 0.2) is 194 Å². The molecule has 0 bridgehead atoms. The molecule has 0 nitrogen and oxygen atoms in total. The number of hydrogen-bond acceptors (Lipinski definition) is 0. The summed E-state index contributed by atoms with van der Waals surface area (Å²) in [6.45, 7) is 0. The molecular formula is C49H32. The van der Waals surface area contributed by atoms with Crippen LogP contribution in [0.4, 0.5) is 0 Å². The summed E-state index contributed by atoms with van der Waals surface area (Å²) in [6.07, 6.45) is 0. The fourth-order valence-electron chi connectivity index (χ4n) is 8.69. The fourth-order valence-corrected chi connectivity index (χ4v) is 8.69. The fraction of sp³-hybridized carbons (Fsp3) is 0.0204. The third-order valence-corrected chi connectivity index (χ3v) is 10.7. The van der Waals surface area contributed by atoms with Crippen molar-refractivity contribution in [3.8, 4) is 33.4 Å². The van der Waals surface area contributed by atoms with E-state index in [1.165, 1.54) is 88.0 Å². The van der Waals surface area contributed by atoms with Crippen molar-refractivity contribution in [2.75, 3.05) is 0 Å². The van der Waals surface area contributed by atoms with Gasteiger partial charge in [-0.1, -0.05) is 176 Å². The minimum atomic E-state index is -0.447. The minimum Gasteiger partial charge on any atom is -0.0622 e. The lowest BCUT2D eigenvalue weighted by atomic mass is 9.67. The van der Waals surface area contributed by atoms with Gasteiger partial charge in [0.05, 0.1) is 5.41 Å². The van der Waals surface area contributed by atoms with Crippen molar-refractivity contribution >= 4 is 32.3 Å². The molecule has 1 aliphatic carbocycles. The van der Waals surface area contributed by atoms with Gasteiger partial charge in [-0.05, 0) is 106 Å². The number of hydrogen-bond donors (Lipinski definition) is 0. The molecule has 10 rings (SSSR count). The first-order valence-corrected chi connectivity index (χ1v) is 17.1. The van der Waals surface area contributed by atoms with E-state index in [4.69, 9.17) is 0 Å². The Labute approximate surface area is 286 Å². The maximum Gasteiger partial charge on any atom is 0.0713 e. The van der Waals surface area contributed by atoms with Crippen LogP contribution in [0.3, 0.4) is 0 Å². The van der Waals surface area contributed by atoms with Gasteiger partial charge in [0, 0.05) is 0 Å². The molecule has 0 aliphatic heterocycles. The second kappa shape index (κ2) is 10.9. The Kier molecular flexibility index (Phi) is 6.19. The summed E-state index contributed by atoms with van der Waals surface area (Å²) in [6, 6.07) is 71.9. The lowest BCUT2D eigenvalue weighted by molar-refractivity contribution is 0.769. The van der Waals surface area contributed by atoms with Gasteiger partial charge < -0.3 is 0 Å². The van der Waals surface area contributed by atoms with Crippen molar-refractivity contribution in [1.29, 1.82) is 0 Å². The van der Waals surface area contributed by atoms with Crippen LogP contribution >= 0.6 is 0 Å². The van der Waals surface area contributed by atoms with E-state index in [9.17, 15) is 0 Å². The van der Waals surface area contributed by atoms with Crippen molar-refractivity contribution in [3.05, 3.63) is 216 Å². The number of rotatable bonds is 4. The molecule has 0 saturated heterocycles. The van der Waals surface area contributed by atoms with E-state index >= 15 is 0 Å². The van der Waals surface area contributed by atoms with Crippen LogP contribution in [0, 0.1) is 0 Å². The molecule has 0 heteroatoms. The molecule has 0 N–H and O–H groups in total. The van der Waals surface area contributed by atoms with E-state index in [0.29, 0.717) is 0 Å². The largest absolute Gasteiger partial charge is 0.0713 e. The zero-order valence-electron chi connectivity index (χ0n) is 27.0. The second-order valence-electron chi connectivity index (χ2n) is 13.2. The number of fused-ring (bicyclic) bond motifs is 6. The van der Waals surface area contributed by atoms with E-state index in [1.54, 1.807) is 0 Å². The third kappa shape index (κ3) is 4.04. The summed E-state index contributed by atoms with van der Waals surface area (Å²) >= 11 is 0. The van der Waals surface area contributed by atoms with Crippen LogP contribution in [-0.4, -0.2) is 0 Å². The Morgan fingerprint density at radius 3 is 1.27 bits per heavy atom. The minimum absolute atomic E-state index is 0.447. The van der Waals surface area contributed by atoms with Crippen LogP contribution in [0.1, 0.15) is 22.3 Å². The first kappa shape index (κ1) is 27.8. The highest BCUT2D eigenvalue weighted by Gasteiger charge is 2.46. The highest BCUT2D eigenvalue weighted by Crippen LogP contribution is 2.58. The molecule has 0 atom stereocenters. The van der Waals surface area contributed by atoms with Gasteiger partial charge in [-0.2, -0.15) is 0 Å². The summed E-state index contributed by atoms with van der Waals surface area (Å²) in [7, 11) is 0. The van der Waals surface area contributed by atoms with E-state index in [2.05, 4.69) is 194 Å². The van der Waals surface area contributed by atoms with Crippen LogP contribution in [0.25, 0.3) is 65.7 Å². The second-order valence-corrected chi connectivity index (χ2v) is 13.2. The quantitative estimate of drug-likeness (QED) is 0.172. The molecule has 0 spiro atoms. The molecular weight excluding hydrogens is 589 g/mol. The van der Waals surface area contributed by atoms with Crippen LogP contribution in [0.5, 0.6) is 0 Å². The van der Waals surface area contributed by atoms with Crippen molar-refractivity contribution < 1.29 is 0 Å². The Morgan fingerprint density at radius 1 is 0.286 bits per heavy atom. The summed E-state index contributed by atoms with van der Waals surface area (Å²) in [4.78, 5) is 0. The highest BCUT2D eigenvalue weighted by atomic mass is 14.5. The molecule has 0 unspecified atom stereocenters. The molecule has 0 aromatic heterocycles. The lowest BCUT2D eigenvalue weighted by Crippen LogP contribution is -2.28. The molecule has 0 amide bonds. The molecule has 0 saturated carbocycles. The van der Waals surface area contributed by atoms with Gasteiger partial charge in [0.25, 0.3) is 0 Å². The van der Waals surface area contributed by atoms with Crippen LogP contribution in [-0.2, 0) is 5.41 Å². The molecule has 9 aromatic carbocycles. The van der Waals surface area contributed by atoms with E-state index in [0.717, 1.165) is 0 Å². The summed E-state index contributed by atoms with van der Waals surface area (Å²) in [5, 5.41) is 7.62. The SMILES string of the molecule is c1ccc(-c2c3ccccc3c(-c3ccc4c(c3)-c3cc5ccccc5cc3C4(c3ccccc3)c3ccccc3)c3ccccc23)cc1. The van der Waals surface area contributed by atoms with Gasteiger partial charge in [0.15, 0.2) is 0 Å². The topological polar surface area (TPSA) is 0 Å². The Balaban J connectivity index is 1.33. The number of benzene rings is 9. The van der Waals surface area contributed by atoms with Crippen LogP contribution < -0.4 is 0 Å². The normalized spacial score (nSPS) is 13.1. The zero-order chi connectivity index (χ0) is 32.4. The maximum atomic E-state index is 2.48.